The number of rotatable bonds is 3. The summed E-state index contributed by atoms with van der Waals surface area (Å²) in [5.74, 6) is -0.502. The van der Waals surface area contributed by atoms with Crippen LogP contribution in [0.1, 0.15) is 41.6 Å². The van der Waals surface area contributed by atoms with Gasteiger partial charge in [-0.3, -0.25) is 4.79 Å². The molecule has 0 unspecified atom stereocenters. The third-order valence-corrected chi connectivity index (χ3v) is 4.01. The highest BCUT2D eigenvalue weighted by Crippen LogP contribution is 2.39. The predicted molar refractivity (Wildman–Crippen MR) is 76.0 cm³/mol. The Morgan fingerprint density at radius 3 is 2.57 bits per heavy atom. The molecule has 1 aliphatic rings. The van der Waals surface area contributed by atoms with Crippen LogP contribution in [0.2, 0.25) is 0 Å². The Bertz CT molecular complexity index is 639. The molecule has 0 saturated heterocycles. The average molecular weight is 285 g/mol. The van der Waals surface area contributed by atoms with Crippen LogP contribution in [-0.4, -0.2) is 15.9 Å². The van der Waals surface area contributed by atoms with Gasteiger partial charge in [-0.05, 0) is 30.5 Å². The van der Waals surface area contributed by atoms with Crippen LogP contribution in [0.15, 0.2) is 43.0 Å². The first-order valence-corrected chi connectivity index (χ1v) is 7.03. The van der Waals surface area contributed by atoms with Crippen molar-refractivity contribution in [2.45, 2.75) is 31.2 Å². The second-order valence-corrected chi connectivity index (χ2v) is 5.38. The number of carbonyl (C=O) groups excluding carboxylic acids is 1. The molecule has 1 saturated carbocycles. The highest BCUT2D eigenvalue weighted by atomic mass is 19.1. The number of nitrogens with zero attached hydrogens (tertiary/aromatic N) is 2. The molecule has 1 fully saturated rings. The summed E-state index contributed by atoms with van der Waals surface area (Å²) in [4.78, 5) is 20.1. The van der Waals surface area contributed by atoms with Crippen LogP contribution in [0.3, 0.4) is 0 Å². The van der Waals surface area contributed by atoms with Gasteiger partial charge in [-0.2, -0.15) is 0 Å². The number of halogens is 1. The van der Waals surface area contributed by atoms with E-state index < -0.39 is 5.54 Å². The van der Waals surface area contributed by atoms with E-state index in [0.717, 1.165) is 31.2 Å². The summed E-state index contributed by atoms with van der Waals surface area (Å²) < 4.78 is 13.5. The van der Waals surface area contributed by atoms with Crippen molar-refractivity contribution < 1.29 is 9.18 Å². The molecule has 4 nitrogen and oxygen atoms in total. The lowest BCUT2D eigenvalue weighted by Gasteiger charge is -2.31. The molecular weight excluding hydrogens is 269 g/mol. The SMILES string of the molecule is O=C(NC1(c2cccc(F)c2)CCCC1)c1cncnc1. The number of hydrogen-bond donors (Lipinski definition) is 1. The maximum atomic E-state index is 13.5. The Hall–Kier alpha value is -2.30. The average Bonchev–Trinajstić information content (AvgIpc) is 2.98. The normalized spacial score (nSPS) is 16.6. The number of aromatic nitrogens is 2. The molecule has 1 aliphatic carbocycles. The van der Waals surface area contributed by atoms with Gasteiger partial charge in [-0.15, -0.1) is 0 Å². The van der Waals surface area contributed by atoms with Crippen LogP contribution < -0.4 is 5.32 Å². The van der Waals surface area contributed by atoms with Crippen LogP contribution in [0, 0.1) is 5.82 Å². The summed E-state index contributed by atoms with van der Waals surface area (Å²) in [6, 6.07) is 6.48. The van der Waals surface area contributed by atoms with E-state index in [1.54, 1.807) is 6.07 Å². The van der Waals surface area contributed by atoms with Gasteiger partial charge in [0.15, 0.2) is 0 Å². The number of nitrogens with one attached hydrogen (secondary N) is 1. The minimum absolute atomic E-state index is 0.221. The van der Waals surface area contributed by atoms with Crippen molar-refractivity contribution in [3.05, 3.63) is 59.9 Å². The van der Waals surface area contributed by atoms with Crippen molar-refractivity contribution in [1.29, 1.82) is 0 Å². The molecule has 0 radical (unpaired) electrons. The first-order chi connectivity index (χ1) is 10.2. The van der Waals surface area contributed by atoms with Gasteiger partial charge in [-0.25, -0.2) is 14.4 Å². The fourth-order valence-electron chi connectivity index (χ4n) is 2.96. The second-order valence-electron chi connectivity index (χ2n) is 5.38. The number of carbonyl (C=O) groups is 1. The van der Waals surface area contributed by atoms with E-state index in [1.807, 2.05) is 6.07 Å². The van der Waals surface area contributed by atoms with Crippen molar-refractivity contribution in [2.24, 2.45) is 0 Å². The minimum atomic E-state index is -0.491. The van der Waals surface area contributed by atoms with Gasteiger partial charge in [-0.1, -0.05) is 25.0 Å². The highest BCUT2D eigenvalue weighted by molar-refractivity contribution is 5.94. The third-order valence-electron chi connectivity index (χ3n) is 4.01. The molecule has 5 heteroatoms. The lowest BCUT2D eigenvalue weighted by molar-refractivity contribution is 0.0897. The Morgan fingerprint density at radius 2 is 1.90 bits per heavy atom. The first kappa shape index (κ1) is 13.7. The lowest BCUT2D eigenvalue weighted by atomic mass is 9.87. The molecule has 3 rings (SSSR count). The topological polar surface area (TPSA) is 54.9 Å². The Labute approximate surface area is 122 Å². The highest BCUT2D eigenvalue weighted by Gasteiger charge is 2.37. The summed E-state index contributed by atoms with van der Waals surface area (Å²) >= 11 is 0. The maximum absolute atomic E-state index is 13.5. The van der Waals surface area contributed by atoms with Crippen molar-refractivity contribution in [2.75, 3.05) is 0 Å². The molecule has 0 bridgehead atoms. The summed E-state index contributed by atoms with van der Waals surface area (Å²) in [6.07, 6.45) is 8.01. The predicted octanol–water partition coefficient (Wildman–Crippen LogP) is 2.82. The van der Waals surface area contributed by atoms with E-state index >= 15 is 0 Å². The molecule has 1 heterocycles. The summed E-state index contributed by atoms with van der Waals surface area (Å²) in [7, 11) is 0. The van der Waals surface area contributed by atoms with Gasteiger partial charge >= 0.3 is 0 Å². The van der Waals surface area contributed by atoms with Crippen molar-refractivity contribution in [3.8, 4) is 0 Å². The molecule has 108 valence electrons. The molecule has 1 aromatic carbocycles. The molecule has 1 N–H and O–H groups in total. The van der Waals surface area contributed by atoms with Gasteiger partial charge in [0.2, 0.25) is 0 Å². The van der Waals surface area contributed by atoms with Crippen LogP contribution >= 0.6 is 0 Å². The number of benzene rings is 1. The van der Waals surface area contributed by atoms with Crippen molar-refractivity contribution >= 4 is 5.91 Å². The Kier molecular flexibility index (Phi) is 3.64. The minimum Gasteiger partial charge on any atom is -0.342 e. The van der Waals surface area contributed by atoms with E-state index in [-0.39, 0.29) is 11.7 Å². The third kappa shape index (κ3) is 2.77. The number of amides is 1. The zero-order chi connectivity index (χ0) is 14.7. The summed E-state index contributed by atoms with van der Waals surface area (Å²) in [5.41, 5.74) is 0.750. The smallest absolute Gasteiger partial charge is 0.255 e. The quantitative estimate of drug-likeness (QED) is 0.943. The van der Waals surface area contributed by atoms with Crippen LogP contribution in [-0.2, 0) is 5.54 Å². The van der Waals surface area contributed by atoms with Gasteiger partial charge in [0.05, 0.1) is 11.1 Å². The van der Waals surface area contributed by atoms with Gasteiger partial charge in [0.25, 0.3) is 5.91 Å². The first-order valence-electron chi connectivity index (χ1n) is 7.03. The van der Waals surface area contributed by atoms with E-state index in [2.05, 4.69) is 15.3 Å². The molecule has 0 atom stereocenters. The maximum Gasteiger partial charge on any atom is 0.255 e. The molecule has 2 aromatic rings. The fourth-order valence-corrected chi connectivity index (χ4v) is 2.96. The van der Waals surface area contributed by atoms with E-state index in [0.29, 0.717) is 5.56 Å². The van der Waals surface area contributed by atoms with Crippen LogP contribution in [0.5, 0.6) is 0 Å². The van der Waals surface area contributed by atoms with Gasteiger partial charge in [0.1, 0.15) is 12.1 Å². The molecule has 1 aromatic heterocycles. The molecular formula is C16H16FN3O. The molecule has 1 amide bonds. The summed E-state index contributed by atoms with van der Waals surface area (Å²) in [5, 5.41) is 3.07. The van der Waals surface area contributed by atoms with Crippen LogP contribution in [0.25, 0.3) is 0 Å². The van der Waals surface area contributed by atoms with E-state index in [4.69, 9.17) is 0 Å². The van der Waals surface area contributed by atoms with E-state index in [1.165, 1.54) is 30.9 Å². The number of hydrogen-bond acceptors (Lipinski definition) is 3. The van der Waals surface area contributed by atoms with Gasteiger partial charge in [0, 0.05) is 12.4 Å². The lowest BCUT2D eigenvalue weighted by Crippen LogP contribution is -2.43. The van der Waals surface area contributed by atoms with Gasteiger partial charge < -0.3 is 5.32 Å². The zero-order valence-electron chi connectivity index (χ0n) is 11.6. The van der Waals surface area contributed by atoms with Crippen LogP contribution in [0.4, 0.5) is 4.39 Å². The second kappa shape index (κ2) is 5.60. The Balaban J connectivity index is 1.90. The molecule has 0 aliphatic heterocycles. The molecule has 21 heavy (non-hydrogen) atoms. The Morgan fingerprint density at radius 1 is 1.19 bits per heavy atom. The zero-order valence-corrected chi connectivity index (χ0v) is 11.6. The monoisotopic (exact) mass is 285 g/mol. The molecule has 0 spiro atoms. The van der Waals surface area contributed by atoms with Crippen molar-refractivity contribution in [1.82, 2.24) is 15.3 Å². The largest absolute Gasteiger partial charge is 0.342 e. The summed E-state index contributed by atoms with van der Waals surface area (Å²) in [6.45, 7) is 0. The van der Waals surface area contributed by atoms with Crippen molar-refractivity contribution in [3.63, 3.8) is 0 Å². The fraction of sp³-hybridized carbons (Fsp3) is 0.312. The standard InChI is InChI=1S/C16H16FN3O/c17-14-5-3-4-13(8-14)16(6-1-2-7-16)20-15(21)12-9-18-11-19-10-12/h3-5,8-11H,1-2,6-7H2,(H,20,21). The van der Waals surface area contributed by atoms with E-state index in [9.17, 15) is 9.18 Å².